The summed E-state index contributed by atoms with van der Waals surface area (Å²) in [7, 11) is 0. The summed E-state index contributed by atoms with van der Waals surface area (Å²) in [6.07, 6.45) is 5.22. The third-order valence-corrected chi connectivity index (χ3v) is 3.25. The first-order chi connectivity index (χ1) is 5.75. The lowest BCUT2D eigenvalue weighted by Crippen LogP contribution is -2.37. The van der Waals surface area contributed by atoms with Gasteiger partial charge in [-0.1, -0.05) is 6.42 Å². The summed E-state index contributed by atoms with van der Waals surface area (Å²) < 4.78 is 0. The van der Waals surface area contributed by atoms with Crippen LogP contribution in [-0.2, 0) is 4.79 Å². The van der Waals surface area contributed by atoms with Crippen LogP contribution in [-0.4, -0.2) is 23.7 Å². The molecule has 13 heavy (non-hydrogen) atoms. The summed E-state index contributed by atoms with van der Waals surface area (Å²) >= 11 is 0. The van der Waals surface area contributed by atoms with Crippen molar-refractivity contribution in [3.63, 3.8) is 0 Å². The lowest BCUT2D eigenvalue weighted by atomic mass is 9.95. The maximum absolute atomic E-state index is 10.3. The van der Waals surface area contributed by atoms with Crippen LogP contribution in [0.1, 0.15) is 25.7 Å². The van der Waals surface area contributed by atoms with Gasteiger partial charge in [0, 0.05) is 6.04 Å². The van der Waals surface area contributed by atoms with E-state index in [0.717, 1.165) is 11.8 Å². The molecule has 2 bridgehead atoms. The molecule has 2 aliphatic rings. The highest BCUT2D eigenvalue weighted by molar-refractivity contribution is 5.85. The first kappa shape index (κ1) is 10.8. The fourth-order valence-corrected chi connectivity index (χ4v) is 2.71. The van der Waals surface area contributed by atoms with Crippen molar-refractivity contribution < 1.29 is 9.90 Å². The van der Waals surface area contributed by atoms with E-state index in [0.29, 0.717) is 6.04 Å². The molecular formula is C9H16ClNO2. The number of carboxylic acid groups (broad SMARTS) is 1. The van der Waals surface area contributed by atoms with Crippen LogP contribution >= 0.6 is 12.4 Å². The van der Waals surface area contributed by atoms with Crippen molar-refractivity contribution in [2.75, 3.05) is 6.54 Å². The minimum atomic E-state index is -0.738. The molecular weight excluding hydrogens is 190 g/mol. The maximum Gasteiger partial charge on any atom is 0.317 e. The molecule has 0 saturated heterocycles. The van der Waals surface area contributed by atoms with Crippen molar-refractivity contribution in [2.45, 2.75) is 31.7 Å². The summed E-state index contributed by atoms with van der Waals surface area (Å²) in [5, 5.41) is 11.6. The van der Waals surface area contributed by atoms with E-state index in [9.17, 15) is 4.79 Å². The molecule has 0 radical (unpaired) electrons. The predicted molar refractivity (Wildman–Crippen MR) is 52.1 cm³/mol. The summed E-state index contributed by atoms with van der Waals surface area (Å²) in [6, 6.07) is 0.500. The van der Waals surface area contributed by atoms with E-state index in [1.54, 1.807) is 0 Å². The van der Waals surface area contributed by atoms with Gasteiger partial charge in [-0.05, 0) is 31.1 Å². The Hall–Kier alpha value is -0.280. The zero-order chi connectivity index (χ0) is 8.55. The molecule has 3 unspecified atom stereocenters. The quantitative estimate of drug-likeness (QED) is 0.730. The Labute approximate surface area is 84.3 Å². The number of hydrogen-bond donors (Lipinski definition) is 2. The molecule has 2 saturated carbocycles. The number of nitrogens with one attached hydrogen (secondary N) is 1. The van der Waals surface area contributed by atoms with Crippen molar-refractivity contribution in [3.05, 3.63) is 0 Å². The standard InChI is InChI=1S/C9H15NO2.ClH/c11-9(12)5-10-8-4-6-1-2-7(8)3-6;/h6-8,10H,1-5H2,(H,11,12);1H. The number of halogens is 1. The largest absolute Gasteiger partial charge is 0.480 e. The van der Waals surface area contributed by atoms with Crippen molar-refractivity contribution >= 4 is 18.4 Å². The SMILES string of the molecule is Cl.O=C(O)CNC1CC2CCC1C2. The van der Waals surface area contributed by atoms with Crippen LogP contribution in [0.2, 0.25) is 0 Å². The van der Waals surface area contributed by atoms with Crippen molar-refractivity contribution in [1.29, 1.82) is 0 Å². The van der Waals surface area contributed by atoms with E-state index in [1.807, 2.05) is 0 Å². The van der Waals surface area contributed by atoms with Gasteiger partial charge < -0.3 is 10.4 Å². The lowest BCUT2D eigenvalue weighted by molar-refractivity contribution is -0.136. The molecule has 0 aliphatic heterocycles. The van der Waals surface area contributed by atoms with Gasteiger partial charge in [0.15, 0.2) is 0 Å². The van der Waals surface area contributed by atoms with E-state index >= 15 is 0 Å². The molecule has 2 N–H and O–H groups in total. The van der Waals surface area contributed by atoms with Crippen LogP contribution in [0.4, 0.5) is 0 Å². The molecule has 0 aromatic rings. The molecule has 76 valence electrons. The minimum Gasteiger partial charge on any atom is -0.480 e. The Bertz CT molecular complexity index is 198. The Morgan fingerprint density at radius 1 is 1.38 bits per heavy atom. The van der Waals surface area contributed by atoms with Gasteiger partial charge in [0.2, 0.25) is 0 Å². The third kappa shape index (κ3) is 2.35. The second-order valence-corrected chi connectivity index (χ2v) is 4.06. The van der Waals surface area contributed by atoms with E-state index in [2.05, 4.69) is 5.32 Å². The predicted octanol–water partition coefficient (Wildman–Crippen LogP) is 1.27. The summed E-state index contributed by atoms with van der Waals surface area (Å²) in [4.78, 5) is 10.3. The van der Waals surface area contributed by atoms with Gasteiger partial charge in [0.05, 0.1) is 6.54 Å². The van der Waals surface area contributed by atoms with Gasteiger partial charge in [0.1, 0.15) is 0 Å². The zero-order valence-corrected chi connectivity index (χ0v) is 8.35. The summed E-state index contributed by atoms with van der Waals surface area (Å²) in [5.74, 6) is 0.924. The third-order valence-electron chi connectivity index (χ3n) is 3.25. The fraction of sp³-hybridized carbons (Fsp3) is 0.889. The fourth-order valence-electron chi connectivity index (χ4n) is 2.71. The Balaban J connectivity index is 0.000000845. The molecule has 0 aromatic carbocycles. The normalized spacial score (nSPS) is 35.8. The van der Waals surface area contributed by atoms with E-state index in [4.69, 9.17) is 5.11 Å². The number of rotatable bonds is 3. The molecule has 0 spiro atoms. The average molecular weight is 206 g/mol. The Morgan fingerprint density at radius 3 is 2.62 bits per heavy atom. The van der Waals surface area contributed by atoms with E-state index in [1.165, 1.54) is 25.7 Å². The highest BCUT2D eigenvalue weighted by Crippen LogP contribution is 2.44. The van der Waals surface area contributed by atoms with Crippen LogP contribution in [0.5, 0.6) is 0 Å². The molecule has 3 atom stereocenters. The van der Waals surface area contributed by atoms with Crippen molar-refractivity contribution in [2.24, 2.45) is 11.8 Å². The zero-order valence-electron chi connectivity index (χ0n) is 7.53. The molecule has 2 aliphatic carbocycles. The average Bonchev–Trinajstić information content (AvgIpc) is 2.60. The summed E-state index contributed by atoms with van der Waals surface area (Å²) in [5.41, 5.74) is 0. The molecule has 4 heteroatoms. The molecule has 2 fully saturated rings. The smallest absolute Gasteiger partial charge is 0.317 e. The van der Waals surface area contributed by atoms with Crippen LogP contribution in [0.25, 0.3) is 0 Å². The highest BCUT2D eigenvalue weighted by atomic mass is 35.5. The second-order valence-electron chi connectivity index (χ2n) is 4.06. The summed E-state index contributed by atoms with van der Waals surface area (Å²) in [6.45, 7) is 0.133. The molecule has 0 aromatic heterocycles. The molecule has 2 rings (SSSR count). The Morgan fingerprint density at radius 2 is 2.15 bits per heavy atom. The molecule has 0 amide bonds. The monoisotopic (exact) mass is 205 g/mol. The number of carbonyl (C=O) groups is 1. The maximum atomic E-state index is 10.3. The van der Waals surface area contributed by atoms with Crippen molar-refractivity contribution in [3.8, 4) is 0 Å². The van der Waals surface area contributed by atoms with Gasteiger partial charge in [-0.15, -0.1) is 12.4 Å². The van der Waals surface area contributed by atoms with Crippen LogP contribution < -0.4 is 5.32 Å². The van der Waals surface area contributed by atoms with Gasteiger partial charge in [0.25, 0.3) is 0 Å². The number of fused-ring (bicyclic) bond motifs is 2. The highest BCUT2D eigenvalue weighted by Gasteiger charge is 2.39. The Kier molecular flexibility index (Phi) is 3.56. The van der Waals surface area contributed by atoms with Crippen LogP contribution in [0.3, 0.4) is 0 Å². The van der Waals surface area contributed by atoms with Crippen LogP contribution in [0.15, 0.2) is 0 Å². The minimum absolute atomic E-state index is 0. The number of carboxylic acids is 1. The first-order valence-electron chi connectivity index (χ1n) is 4.71. The second kappa shape index (κ2) is 4.29. The number of aliphatic carboxylic acids is 1. The van der Waals surface area contributed by atoms with Gasteiger partial charge in [-0.3, -0.25) is 4.79 Å². The van der Waals surface area contributed by atoms with E-state index in [-0.39, 0.29) is 19.0 Å². The lowest BCUT2D eigenvalue weighted by Gasteiger charge is -2.21. The van der Waals surface area contributed by atoms with Crippen LogP contribution in [0, 0.1) is 11.8 Å². The number of hydrogen-bond acceptors (Lipinski definition) is 2. The van der Waals surface area contributed by atoms with Gasteiger partial charge in [-0.25, -0.2) is 0 Å². The van der Waals surface area contributed by atoms with Gasteiger partial charge >= 0.3 is 5.97 Å². The van der Waals surface area contributed by atoms with Crippen molar-refractivity contribution in [1.82, 2.24) is 5.32 Å². The van der Waals surface area contributed by atoms with Gasteiger partial charge in [-0.2, -0.15) is 0 Å². The topological polar surface area (TPSA) is 49.3 Å². The first-order valence-corrected chi connectivity index (χ1v) is 4.71. The molecule has 3 nitrogen and oxygen atoms in total. The molecule has 0 heterocycles. The van der Waals surface area contributed by atoms with E-state index < -0.39 is 5.97 Å².